The van der Waals surface area contributed by atoms with Crippen molar-refractivity contribution in [1.29, 1.82) is 0 Å². The topological polar surface area (TPSA) is 64.1 Å². The SMILES string of the molecule is CCc1ccccc1CNC(=NC)Nc1cc(OC)c(OC)c(OC)c1. The summed E-state index contributed by atoms with van der Waals surface area (Å²) >= 11 is 0. The van der Waals surface area contributed by atoms with Gasteiger partial charge in [-0.2, -0.15) is 0 Å². The quantitative estimate of drug-likeness (QED) is 0.587. The number of hydrogen-bond donors (Lipinski definition) is 2. The molecule has 0 aliphatic carbocycles. The first-order valence-electron chi connectivity index (χ1n) is 8.51. The van der Waals surface area contributed by atoms with Gasteiger partial charge in [-0.1, -0.05) is 31.2 Å². The molecule has 0 aliphatic heterocycles. The smallest absolute Gasteiger partial charge is 0.203 e. The first kappa shape index (κ1) is 19.4. The fraction of sp³-hybridized carbons (Fsp3) is 0.350. The van der Waals surface area contributed by atoms with E-state index in [1.54, 1.807) is 28.4 Å². The van der Waals surface area contributed by atoms with Gasteiger partial charge in [0.15, 0.2) is 17.5 Å². The Labute approximate surface area is 155 Å². The van der Waals surface area contributed by atoms with Crippen LogP contribution in [0.15, 0.2) is 41.4 Å². The van der Waals surface area contributed by atoms with Gasteiger partial charge >= 0.3 is 0 Å². The lowest BCUT2D eigenvalue weighted by Gasteiger charge is -2.17. The van der Waals surface area contributed by atoms with E-state index in [1.807, 2.05) is 18.2 Å². The molecule has 0 unspecified atom stereocenters. The predicted octanol–water partition coefficient (Wildman–Crippen LogP) is 3.46. The van der Waals surface area contributed by atoms with Crippen molar-refractivity contribution in [2.45, 2.75) is 19.9 Å². The van der Waals surface area contributed by atoms with Crippen LogP contribution in [0.4, 0.5) is 5.69 Å². The summed E-state index contributed by atoms with van der Waals surface area (Å²) in [7, 11) is 6.50. The zero-order chi connectivity index (χ0) is 18.9. The molecule has 140 valence electrons. The monoisotopic (exact) mass is 357 g/mol. The summed E-state index contributed by atoms with van der Waals surface area (Å²) in [5, 5.41) is 6.60. The van der Waals surface area contributed by atoms with E-state index in [-0.39, 0.29) is 0 Å². The van der Waals surface area contributed by atoms with Crippen LogP contribution in [0, 0.1) is 0 Å². The Morgan fingerprint density at radius 2 is 1.58 bits per heavy atom. The molecule has 0 fully saturated rings. The molecule has 2 aromatic rings. The van der Waals surface area contributed by atoms with Crippen LogP contribution in [0.1, 0.15) is 18.1 Å². The molecule has 6 nitrogen and oxygen atoms in total. The van der Waals surface area contributed by atoms with Gasteiger partial charge in [-0.05, 0) is 17.5 Å². The second-order valence-electron chi connectivity index (χ2n) is 5.59. The molecule has 2 aromatic carbocycles. The molecule has 26 heavy (non-hydrogen) atoms. The van der Waals surface area contributed by atoms with Crippen LogP contribution in [-0.4, -0.2) is 34.3 Å². The Bertz CT molecular complexity index is 735. The third-order valence-electron chi connectivity index (χ3n) is 4.10. The average Bonchev–Trinajstić information content (AvgIpc) is 2.70. The van der Waals surface area contributed by atoms with Crippen LogP contribution in [0.5, 0.6) is 17.2 Å². The molecule has 0 saturated carbocycles. The van der Waals surface area contributed by atoms with E-state index in [9.17, 15) is 0 Å². The standard InChI is InChI=1S/C20H27N3O3/c1-6-14-9-7-8-10-15(14)13-22-20(21-2)23-16-11-17(24-3)19(26-5)18(12-16)25-4/h7-12H,6,13H2,1-5H3,(H2,21,22,23). The second-order valence-corrected chi connectivity index (χ2v) is 5.59. The molecule has 0 aromatic heterocycles. The minimum absolute atomic E-state index is 0.556. The molecule has 0 aliphatic rings. The Morgan fingerprint density at radius 3 is 2.08 bits per heavy atom. The minimum Gasteiger partial charge on any atom is -0.493 e. The Morgan fingerprint density at radius 1 is 0.962 bits per heavy atom. The van der Waals surface area contributed by atoms with Crippen molar-refractivity contribution in [3.63, 3.8) is 0 Å². The van der Waals surface area contributed by atoms with Crippen molar-refractivity contribution in [1.82, 2.24) is 5.32 Å². The molecular weight excluding hydrogens is 330 g/mol. The summed E-state index contributed by atoms with van der Waals surface area (Å²) in [5.74, 6) is 2.38. The van der Waals surface area contributed by atoms with E-state index in [1.165, 1.54) is 11.1 Å². The maximum atomic E-state index is 5.39. The summed E-state index contributed by atoms with van der Waals surface area (Å²) < 4.78 is 16.1. The lowest BCUT2D eigenvalue weighted by Crippen LogP contribution is -2.30. The van der Waals surface area contributed by atoms with E-state index >= 15 is 0 Å². The van der Waals surface area contributed by atoms with Crippen molar-refractivity contribution < 1.29 is 14.2 Å². The van der Waals surface area contributed by atoms with Crippen LogP contribution in [0.3, 0.4) is 0 Å². The van der Waals surface area contributed by atoms with Gasteiger partial charge in [-0.25, -0.2) is 0 Å². The number of aryl methyl sites for hydroxylation is 1. The number of hydrogen-bond acceptors (Lipinski definition) is 4. The summed E-state index contributed by atoms with van der Waals surface area (Å²) in [6.07, 6.45) is 0.997. The lowest BCUT2D eigenvalue weighted by atomic mass is 10.1. The number of ether oxygens (including phenoxy) is 3. The molecule has 6 heteroatoms. The molecule has 0 spiro atoms. The lowest BCUT2D eigenvalue weighted by molar-refractivity contribution is 0.324. The fourth-order valence-corrected chi connectivity index (χ4v) is 2.72. The number of rotatable bonds is 7. The number of nitrogens with zero attached hydrogens (tertiary/aromatic N) is 1. The van der Waals surface area contributed by atoms with Gasteiger partial charge in [0, 0.05) is 31.4 Å². The molecule has 0 saturated heterocycles. The van der Waals surface area contributed by atoms with E-state index in [2.05, 4.69) is 40.7 Å². The van der Waals surface area contributed by atoms with Gasteiger partial charge in [-0.15, -0.1) is 0 Å². The first-order chi connectivity index (χ1) is 12.7. The molecule has 2 rings (SSSR count). The highest BCUT2D eigenvalue weighted by Crippen LogP contribution is 2.39. The highest BCUT2D eigenvalue weighted by atomic mass is 16.5. The second kappa shape index (κ2) is 9.56. The number of methoxy groups -OCH3 is 3. The van der Waals surface area contributed by atoms with E-state index in [0.717, 1.165) is 12.1 Å². The van der Waals surface area contributed by atoms with E-state index < -0.39 is 0 Å². The minimum atomic E-state index is 0.556. The number of nitrogens with one attached hydrogen (secondary N) is 2. The van der Waals surface area contributed by atoms with Crippen LogP contribution >= 0.6 is 0 Å². The molecule has 0 radical (unpaired) electrons. The fourth-order valence-electron chi connectivity index (χ4n) is 2.72. The van der Waals surface area contributed by atoms with E-state index in [0.29, 0.717) is 29.8 Å². The Balaban J connectivity index is 2.15. The van der Waals surface area contributed by atoms with Crippen LogP contribution in [0.25, 0.3) is 0 Å². The maximum absolute atomic E-state index is 5.39. The number of benzene rings is 2. The van der Waals surface area contributed by atoms with Gasteiger partial charge < -0.3 is 24.8 Å². The molecule has 2 N–H and O–H groups in total. The molecule has 0 heterocycles. The summed E-state index contributed by atoms with van der Waals surface area (Å²) in [6.45, 7) is 2.84. The van der Waals surface area contributed by atoms with Gasteiger partial charge in [0.2, 0.25) is 5.75 Å². The van der Waals surface area contributed by atoms with Crippen LogP contribution < -0.4 is 24.8 Å². The van der Waals surface area contributed by atoms with Gasteiger partial charge in [0.1, 0.15) is 0 Å². The van der Waals surface area contributed by atoms with Crippen LogP contribution in [-0.2, 0) is 13.0 Å². The predicted molar refractivity (Wildman–Crippen MR) is 106 cm³/mol. The largest absolute Gasteiger partial charge is 0.493 e. The molecular formula is C20H27N3O3. The zero-order valence-electron chi connectivity index (χ0n) is 16.1. The van der Waals surface area contributed by atoms with Crippen molar-refractivity contribution in [2.24, 2.45) is 4.99 Å². The van der Waals surface area contributed by atoms with Gasteiger partial charge in [0.05, 0.1) is 21.3 Å². The zero-order valence-corrected chi connectivity index (χ0v) is 16.1. The average molecular weight is 357 g/mol. The third kappa shape index (κ3) is 4.59. The first-order valence-corrected chi connectivity index (χ1v) is 8.51. The molecule has 0 atom stereocenters. The number of guanidine groups is 1. The maximum Gasteiger partial charge on any atom is 0.203 e. The summed E-state index contributed by atoms with van der Waals surface area (Å²) in [6, 6.07) is 12.1. The third-order valence-corrected chi connectivity index (χ3v) is 4.10. The van der Waals surface area contributed by atoms with Crippen molar-refractivity contribution in [3.05, 3.63) is 47.5 Å². The highest BCUT2D eigenvalue weighted by Gasteiger charge is 2.14. The van der Waals surface area contributed by atoms with Gasteiger partial charge in [0.25, 0.3) is 0 Å². The normalized spacial score (nSPS) is 11.0. The van der Waals surface area contributed by atoms with Crippen molar-refractivity contribution in [2.75, 3.05) is 33.7 Å². The Kier molecular flexibility index (Phi) is 7.14. The van der Waals surface area contributed by atoms with Crippen molar-refractivity contribution in [3.8, 4) is 17.2 Å². The van der Waals surface area contributed by atoms with E-state index in [4.69, 9.17) is 14.2 Å². The van der Waals surface area contributed by atoms with Gasteiger partial charge in [-0.3, -0.25) is 4.99 Å². The highest BCUT2D eigenvalue weighted by molar-refractivity contribution is 5.94. The Hall–Kier alpha value is -2.89. The molecule has 0 amide bonds. The van der Waals surface area contributed by atoms with Crippen LogP contribution in [0.2, 0.25) is 0 Å². The summed E-state index contributed by atoms with van der Waals surface area (Å²) in [5.41, 5.74) is 3.36. The van der Waals surface area contributed by atoms with Crippen molar-refractivity contribution >= 4 is 11.6 Å². The summed E-state index contributed by atoms with van der Waals surface area (Å²) in [4.78, 5) is 4.29. The number of anilines is 1. The number of aliphatic imine (C=N–C) groups is 1. The molecule has 0 bridgehead atoms.